The Kier molecular flexibility index (Phi) is 2.59. The van der Waals surface area contributed by atoms with E-state index in [0.717, 1.165) is 5.92 Å². The van der Waals surface area contributed by atoms with E-state index in [1.165, 1.54) is 12.8 Å². The van der Waals surface area contributed by atoms with E-state index in [1.54, 1.807) is 7.05 Å². The average molecular weight is 194 g/mol. The third kappa shape index (κ3) is 1.57. The van der Waals surface area contributed by atoms with Gasteiger partial charge in [-0.1, -0.05) is 12.2 Å². The minimum atomic E-state index is -0.0695. The largest absolute Gasteiger partial charge is 0.358 e. The zero-order valence-electron chi connectivity index (χ0n) is 8.79. The maximum absolute atomic E-state index is 11.3. The van der Waals surface area contributed by atoms with Crippen molar-refractivity contribution in [1.82, 2.24) is 10.6 Å². The minimum Gasteiger partial charge on any atom is -0.358 e. The molecule has 2 rings (SSSR count). The first-order valence-corrected chi connectivity index (χ1v) is 5.36. The monoisotopic (exact) mass is 194 g/mol. The van der Waals surface area contributed by atoms with Gasteiger partial charge in [-0.3, -0.25) is 4.79 Å². The molecule has 1 amide bonds. The predicted molar refractivity (Wildman–Crippen MR) is 55.8 cm³/mol. The molecular weight excluding hydrogens is 176 g/mol. The molecule has 0 aromatic heterocycles. The fourth-order valence-electron chi connectivity index (χ4n) is 2.52. The van der Waals surface area contributed by atoms with E-state index in [2.05, 4.69) is 22.8 Å². The molecule has 3 heteroatoms. The van der Waals surface area contributed by atoms with E-state index in [0.29, 0.717) is 12.0 Å². The van der Waals surface area contributed by atoms with Crippen LogP contribution in [-0.2, 0) is 4.79 Å². The van der Waals surface area contributed by atoms with Crippen LogP contribution in [0.5, 0.6) is 0 Å². The molecule has 2 aliphatic carbocycles. The second-order valence-corrected chi connectivity index (χ2v) is 4.35. The molecule has 0 aromatic carbocycles. The van der Waals surface area contributed by atoms with Crippen LogP contribution in [0.4, 0.5) is 0 Å². The Hall–Kier alpha value is -0.830. The number of likely N-dealkylation sites (N-methyl/N-ethyl adjacent to an activating group) is 1. The SMILES string of the molecule is CNC(=O)C(C)NC1CC2CC=CC21. The lowest BCUT2D eigenvalue weighted by Crippen LogP contribution is -2.54. The summed E-state index contributed by atoms with van der Waals surface area (Å²) in [4.78, 5) is 11.3. The standard InChI is InChI=1S/C11H18N2O/c1-7(11(14)12-2)13-10-6-8-4-3-5-9(8)10/h3,5,7-10,13H,4,6H2,1-2H3,(H,12,14). The van der Waals surface area contributed by atoms with Gasteiger partial charge in [-0.05, 0) is 31.6 Å². The Morgan fingerprint density at radius 3 is 3.00 bits per heavy atom. The molecule has 0 heterocycles. The third-order valence-corrected chi connectivity index (χ3v) is 3.47. The lowest BCUT2D eigenvalue weighted by atomic mass is 9.71. The Balaban J connectivity index is 1.81. The number of fused-ring (bicyclic) bond motifs is 1. The van der Waals surface area contributed by atoms with Crippen molar-refractivity contribution in [3.63, 3.8) is 0 Å². The second kappa shape index (κ2) is 3.73. The lowest BCUT2D eigenvalue weighted by Gasteiger charge is -2.42. The average Bonchev–Trinajstić information content (AvgIpc) is 2.54. The lowest BCUT2D eigenvalue weighted by molar-refractivity contribution is -0.122. The van der Waals surface area contributed by atoms with Crippen LogP contribution < -0.4 is 10.6 Å². The van der Waals surface area contributed by atoms with Crippen LogP contribution in [0.1, 0.15) is 19.8 Å². The van der Waals surface area contributed by atoms with Gasteiger partial charge >= 0.3 is 0 Å². The molecule has 14 heavy (non-hydrogen) atoms. The fraction of sp³-hybridized carbons (Fsp3) is 0.727. The number of hydrogen-bond donors (Lipinski definition) is 2. The van der Waals surface area contributed by atoms with Gasteiger partial charge in [-0.25, -0.2) is 0 Å². The third-order valence-electron chi connectivity index (χ3n) is 3.47. The van der Waals surface area contributed by atoms with Gasteiger partial charge in [-0.2, -0.15) is 0 Å². The van der Waals surface area contributed by atoms with Crippen molar-refractivity contribution in [2.75, 3.05) is 7.05 Å². The summed E-state index contributed by atoms with van der Waals surface area (Å²) in [5.74, 6) is 1.61. The first-order valence-electron chi connectivity index (χ1n) is 5.36. The maximum atomic E-state index is 11.3. The molecule has 0 spiro atoms. The van der Waals surface area contributed by atoms with E-state index in [4.69, 9.17) is 0 Å². The highest BCUT2D eigenvalue weighted by molar-refractivity contribution is 5.80. The summed E-state index contributed by atoms with van der Waals surface area (Å²) in [5.41, 5.74) is 0. The van der Waals surface area contributed by atoms with Gasteiger partial charge in [0.05, 0.1) is 6.04 Å². The molecule has 1 fully saturated rings. The second-order valence-electron chi connectivity index (χ2n) is 4.35. The summed E-state index contributed by atoms with van der Waals surface area (Å²) < 4.78 is 0. The molecule has 0 saturated heterocycles. The van der Waals surface area contributed by atoms with Crippen LogP contribution in [0.25, 0.3) is 0 Å². The molecule has 0 aromatic rings. The summed E-state index contributed by atoms with van der Waals surface area (Å²) >= 11 is 0. The van der Waals surface area contributed by atoms with Crippen molar-refractivity contribution in [2.24, 2.45) is 11.8 Å². The van der Waals surface area contributed by atoms with Crippen LogP contribution in [0.15, 0.2) is 12.2 Å². The zero-order valence-corrected chi connectivity index (χ0v) is 8.79. The zero-order chi connectivity index (χ0) is 10.1. The van der Waals surface area contributed by atoms with Crippen molar-refractivity contribution < 1.29 is 4.79 Å². The van der Waals surface area contributed by atoms with E-state index >= 15 is 0 Å². The van der Waals surface area contributed by atoms with Gasteiger partial charge in [0.25, 0.3) is 0 Å². The van der Waals surface area contributed by atoms with Gasteiger partial charge < -0.3 is 10.6 Å². The Morgan fingerprint density at radius 2 is 2.36 bits per heavy atom. The van der Waals surface area contributed by atoms with Crippen LogP contribution >= 0.6 is 0 Å². The quantitative estimate of drug-likeness (QED) is 0.649. The van der Waals surface area contributed by atoms with Crippen LogP contribution in [0.2, 0.25) is 0 Å². The summed E-state index contributed by atoms with van der Waals surface area (Å²) in [6, 6.07) is 0.450. The Morgan fingerprint density at radius 1 is 1.57 bits per heavy atom. The van der Waals surface area contributed by atoms with E-state index in [-0.39, 0.29) is 11.9 Å². The highest BCUT2D eigenvalue weighted by atomic mass is 16.2. The molecule has 3 nitrogen and oxygen atoms in total. The Labute approximate surface area is 84.9 Å². The van der Waals surface area contributed by atoms with E-state index in [1.807, 2.05) is 6.92 Å². The number of allylic oxidation sites excluding steroid dienone is 1. The summed E-state index contributed by atoms with van der Waals surface area (Å²) in [6.45, 7) is 1.92. The summed E-state index contributed by atoms with van der Waals surface area (Å²) in [6.07, 6.45) is 7.01. The fourth-order valence-corrected chi connectivity index (χ4v) is 2.52. The van der Waals surface area contributed by atoms with Crippen molar-refractivity contribution in [3.8, 4) is 0 Å². The topological polar surface area (TPSA) is 41.1 Å². The van der Waals surface area contributed by atoms with Crippen LogP contribution in [-0.4, -0.2) is 25.0 Å². The normalized spacial score (nSPS) is 36.0. The van der Waals surface area contributed by atoms with Gasteiger partial charge in [0.1, 0.15) is 0 Å². The van der Waals surface area contributed by atoms with Crippen molar-refractivity contribution in [3.05, 3.63) is 12.2 Å². The molecule has 0 bridgehead atoms. The van der Waals surface area contributed by atoms with Crippen molar-refractivity contribution in [1.29, 1.82) is 0 Å². The van der Waals surface area contributed by atoms with Crippen molar-refractivity contribution in [2.45, 2.75) is 31.8 Å². The predicted octanol–water partition coefficient (Wildman–Crippen LogP) is 0.675. The summed E-state index contributed by atoms with van der Waals surface area (Å²) in [5, 5.41) is 6.03. The minimum absolute atomic E-state index is 0.0695. The molecule has 2 aliphatic rings. The molecule has 4 atom stereocenters. The van der Waals surface area contributed by atoms with Gasteiger partial charge in [0.15, 0.2) is 0 Å². The number of amides is 1. The molecule has 78 valence electrons. The summed E-state index contributed by atoms with van der Waals surface area (Å²) in [7, 11) is 1.68. The van der Waals surface area contributed by atoms with Gasteiger partial charge in [-0.15, -0.1) is 0 Å². The van der Waals surface area contributed by atoms with Gasteiger partial charge in [0, 0.05) is 13.1 Å². The number of nitrogens with one attached hydrogen (secondary N) is 2. The first-order chi connectivity index (χ1) is 6.72. The number of carbonyl (C=O) groups excluding carboxylic acids is 1. The molecule has 0 radical (unpaired) electrons. The number of rotatable bonds is 3. The number of hydrogen-bond acceptors (Lipinski definition) is 2. The molecule has 1 saturated carbocycles. The maximum Gasteiger partial charge on any atom is 0.236 e. The van der Waals surface area contributed by atoms with Gasteiger partial charge in [0.2, 0.25) is 5.91 Å². The molecular formula is C11H18N2O. The molecule has 4 unspecified atom stereocenters. The molecule has 2 N–H and O–H groups in total. The van der Waals surface area contributed by atoms with Crippen molar-refractivity contribution >= 4 is 5.91 Å². The Bertz CT molecular complexity index is 262. The van der Waals surface area contributed by atoms with Crippen LogP contribution in [0.3, 0.4) is 0 Å². The smallest absolute Gasteiger partial charge is 0.236 e. The highest BCUT2D eigenvalue weighted by Crippen LogP contribution is 2.42. The van der Waals surface area contributed by atoms with E-state index < -0.39 is 0 Å². The number of carbonyl (C=O) groups is 1. The highest BCUT2D eigenvalue weighted by Gasteiger charge is 2.41. The van der Waals surface area contributed by atoms with E-state index in [9.17, 15) is 4.79 Å². The first kappa shape index (κ1) is 9.71. The molecule has 0 aliphatic heterocycles. The van der Waals surface area contributed by atoms with Crippen LogP contribution in [0, 0.1) is 11.8 Å².